The van der Waals surface area contributed by atoms with Gasteiger partial charge in [0.25, 0.3) is 0 Å². The molecule has 1 saturated heterocycles. The largest absolute Gasteiger partial charge is 0.468 e. The second-order valence-electron chi connectivity index (χ2n) is 4.99. The summed E-state index contributed by atoms with van der Waals surface area (Å²) in [5.41, 5.74) is 0.429. The minimum Gasteiger partial charge on any atom is -0.468 e. The fourth-order valence-corrected chi connectivity index (χ4v) is 1.83. The Hall–Kier alpha value is -1.83. The Kier molecular flexibility index (Phi) is 4.66. The van der Waals surface area contributed by atoms with Gasteiger partial charge in [0.05, 0.1) is 11.9 Å². The van der Waals surface area contributed by atoms with Crippen molar-refractivity contribution in [1.29, 1.82) is 0 Å². The lowest BCUT2D eigenvalue weighted by Gasteiger charge is -2.31. The predicted molar refractivity (Wildman–Crippen MR) is 69.9 cm³/mol. The van der Waals surface area contributed by atoms with E-state index in [4.69, 9.17) is 0 Å². The second kappa shape index (κ2) is 6.30. The third kappa shape index (κ3) is 4.59. The van der Waals surface area contributed by atoms with Crippen LogP contribution in [0.5, 0.6) is 5.88 Å². The van der Waals surface area contributed by atoms with Crippen molar-refractivity contribution in [2.75, 3.05) is 25.0 Å². The van der Waals surface area contributed by atoms with Crippen LogP contribution in [-0.4, -0.2) is 36.8 Å². The van der Waals surface area contributed by atoms with Crippen LogP contribution < -0.4 is 15.4 Å². The van der Waals surface area contributed by atoms with Crippen LogP contribution in [0.25, 0.3) is 0 Å². The summed E-state index contributed by atoms with van der Waals surface area (Å²) in [5.74, 6) is -0.0893. The van der Waals surface area contributed by atoms with Crippen molar-refractivity contribution >= 4 is 11.6 Å². The number of nitrogens with one attached hydrogen (secondary N) is 2. The highest BCUT2D eigenvalue weighted by atomic mass is 19.4. The highest BCUT2D eigenvalue weighted by Crippen LogP contribution is 2.20. The Morgan fingerprint density at radius 3 is 2.71 bits per heavy atom. The topological polar surface area (TPSA) is 63.2 Å². The van der Waals surface area contributed by atoms with Crippen LogP contribution in [0.4, 0.5) is 18.9 Å². The summed E-state index contributed by atoms with van der Waals surface area (Å²) in [7, 11) is 0. The summed E-state index contributed by atoms with van der Waals surface area (Å²) < 4.78 is 40.4. The minimum absolute atomic E-state index is 0.132. The van der Waals surface area contributed by atoms with Gasteiger partial charge >= 0.3 is 6.18 Å². The zero-order valence-corrected chi connectivity index (χ0v) is 11.4. The van der Waals surface area contributed by atoms with Crippen molar-refractivity contribution in [3.63, 3.8) is 0 Å². The highest BCUT2D eigenvalue weighted by Gasteiger charge is 2.29. The molecule has 1 fully saturated rings. The Morgan fingerprint density at radius 2 is 2.24 bits per heavy atom. The molecule has 1 aromatic heterocycles. The molecule has 1 aliphatic rings. The average Bonchev–Trinajstić information content (AvgIpc) is 2.35. The zero-order valence-electron chi connectivity index (χ0n) is 11.4. The molecule has 0 aliphatic carbocycles. The van der Waals surface area contributed by atoms with Gasteiger partial charge < -0.3 is 15.4 Å². The van der Waals surface area contributed by atoms with Crippen molar-refractivity contribution in [2.24, 2.45) is 11.8 Å². The number of carbonyl (C=O) groups is 1. The molecule has 1 aromatic rings. The number of hydrogen-bond donors (Lipinski definition) is 2. The summed E-state index contributed by atoms with van der Waals surface area (Å²) in [6, 6.07) is 2.75. The van der Waals surface area contributed by atoms with Gasteiger partial charge in [-0.05, 0) is 25.1 Å². The maximum Gasteiger partial charge on any atom is 0.422 e. The summed E-state index contributed by atoms with van der Waals surface area (Å²) >= 11 is 0. The molecule has 0 radical (unpaired) electrons. The summed E-state index contributed by atoms with van der Waals surface area (Å²) in [6.07, 6.45) is -3.13. The first-order chi connectivity index (χ1) is 9.85. The molecule has 2 rings (SSSR count). The molecule has 5 nitrogen and oxygen atoms in total. The van der Waals surface area contributed by atoms with E-state index in [1.165, 1.54) is 18.3 Å². The van der Waals surface area contributed by atoms with Crippen molar-refractivity contribution in [2.45, 2.75) is 13.1 Å². The van der Waals surface area contributed by atoms with Crippen LogP contribution in [0.2, 0.25) is 0 Å². The number of alkyl halides is 3. The van der Waals surface area contributed by atoms with Crippen LogP contribution in [0.1, 0.15) is 6.92 Å². The van der Waals surface area contributed by atoms with E-state index in [-0.39, 0.29) is 17.7 Å². The summed E-state index contributed by atoms with van der Waals surface area (Å²) in [5, 5.41) is 5.78. The molecule has 0 bridgehead atoms. The van der Waals surface area contributed by atoms with Crippen molar-refractivity contribution < 1.29 is 22.7 Å². The first-order valence-corrected chi connectivity index (χ1v) is 6.52. The average molecular weight is 303 g/mol. The third-order valence-electron chi connectivity index (χ3n) is 3.32. The first-order valence-electron chi connectivity index (χ1n) is 6.52. The number of nitrogens with zero attached hydrogens (tertiary/aromatic N) is 1. The Morgan fingerprint density at radius 1 is 1.52 bits per heavy atom. The standard InChI is InChI=1S/C13H16F3N3O2/c1-8(9-4-17-5-9)12(20)19-10-2-3-11(18-6-10)21-7-13(14,15)16/h2-3,6,8-9,17H,4-5,7H2,1H3,(H,19,20). The molecule has 8 heteroatoms. The van der Waals surface area contributed by atoms with E-state index in [1.54, 1.807) is 0 Å². The van der Waals surface area contributed by atoms with E-state index in [0.717, 1.165) is 13.1 Å². The minimum atomic E-state index is -4.40. The van der Waals surface area contributed by atoms with Gasteiger partial charge in [0.1, 0.15) is 0 Å². The first kappa shape index (κ1) is 15.6. The van der Waals surface area contributed by atoms with Gasteiger partial charge in [0.2, 0.25) is 11.8 Å². The molecule has 21 heavy (non-hydrogen) atoms. The number of pyridine rings is 1. The molecule has 0 spiro atoms. The Labute approximate surface area is 119 Å². The van der Waals surface area contributed by atoms with Crippen LogP contribution in [0, 0.1) is 11.8 Å². The maximum atomic E-state index is 12.0. The molecular weight excluding hydrogens is 287 g/mol. The van der Waals surface area contributed by atoms with Gasteiger partial charge in [0.15, 0.2) is 6.61 Å². The van der Waals surface area contributed by atoms with Crippen LogP contribution in [0.15, 0.2) is 18.3 Å². The SMILES string of the molecule is CC(C(=O)Nc1ccc(OCC(F)(F)F)nc1)C1CNC1. The van der Waals surface area contributed by atoms with E-state index < -0.39 is 12.8 Å². The maximum absolute atomic E-state index is 12.0. The Balaban J connectivity index is 1.85. The highest BCUT2D eigenvalue weighted by molar-refractivity contribution is 5.92. The quantitative estimate of drug-likeness (QED) is 0.871. The number of aromatic nitrogens is 1. The van der Waals surface area contributed by atoms with Gasteiger partial charge in [-0.2, -0.15) is 13.2 Å². The fraction of sp³-hybridized carbons (Fsp3) is 0.538. The van der Waals surface area contributed by atoms with Crippen molar-refractivity contribution in [3.8, 4) is 5.88 Å². The number of anilines is 1. The smallest absolute Gasteiger partial charge is 0.422 e. The van der Waals surface area contributed by atoms with E-state index in [2.05, 4.69) is 20.4 Å². The van der Waals surface area contributed by atoms with Gasteiger partial charge in [-0.25, -0.2) is 4.98 Å². The number of amides is 1. The van der Waals surface area contributed by atoms with E-state index in [1.807, 2.05) is 6.92 Å². The van der Waals surface area contributed by atoms with Crippen molar-refractivity contribution in [1.82, 2.24) is 10.3 Å². The number of hydrogen-bond acceptors (Lipinski definition) is 4. The van der Waals surface area contributed by atoms with Crippen LogP contribution in [-0.2, 0) is 4.79 Å². The normalized spacial score (nSPS) is 17.0. The molecule has 1 unspecified atom stereocenters. The molecule has 0 aromatic carbocycles. The van der Waals surface area contributed by atoms with Gasteiger partial charge in [-0.15, -0.1) is 0 Å². The molecule has 1 atom stereocenters. The zero-order chi connectivity index (χ0) is 15.5. The second-order valence-corrected chi connectivity index (χ2v) is 4.99. The molecule has 2 heterocycles. The fourth-order valence-electron chi connectivity index (χ4n) is 1.83. The predicted octanol–water partition coefficient (Wildman–Crippen LogP) is 1.82. The number of ether oxygens (including phenoxy) is 1. The Bertz CT molecular complexity index is 486. The number of halogens is 3. The van der Waals surface area contributed by atoms with Gasteiger partial charge in [0, 0.05) is 12.0 Å². The van der Waals surface area contributed by atoms with Gasteiger partial charge in [-0.3, -0.25) is 4.79 Å². The lowest BCUT2D eigenvalue weighted by molar-refractivity contribution is -0.154. The van der Waals surface area contributed by atoms with E-state index in [0.29, 0.717) is 11.6 Å². The molecule has 2 N–H and O–H groups in total. The molecule has 1 amide bonds. The van der Waals surface area contributed by atoms with Crippen LogP contribution in [0.3, 0.4) is 0 Å². The third-order valence-corrected chi connectivity index (χ3v) is 3.32. The number of rotatable bonds is 5. The lowest BCUT2D eigenvalue weighted by Crippen LogP contribution is -2.48. The van der Waals surface area contributed by atoms with Gasteiger partial charge in [-0.1, -0.05) is 6.92 Å². The monoisotopic (exact) mass is 303 g/mol. The summed E-state index contributed by atoms with van der Waals surface area (Å²) in [4.78, 5) is 15.7. The van der Waals surface area contributed by atoms with Crippen LogP contribution >= 0.6 is 0 Å². The van der Waals surface area contributed by atoms with E-state index in [9.17, 15) is 18.0 Å². The molecule has 1 aliphatic heterocycles. The van der Waals surface area contributed by atoms with E-state index >= 15 is 0 Å². The lowest BCUT2D eigenvalue weighted by atomic mass is 9.88. The number of carbonyl (C=O) groups excluding carboxylic acids is 1. The van der Waals surface area contributed by atoms with Crippen molar-refractivity contribution in [3.05, 3.63) is 18.3 Å². The molecule has 0 saturated carbocycles. The summed E-state index contributed by atoms with van der Waals surface area (Å²) in [6.45, 7) is 2.08. The molecular formula is C13H16F3N3O2. The molecule has 116 valence electrons.